The second-order valence-corrected chi connectivity index (χ2v) is 6.00. The van der Waals surface area contributed by atoms with Crippen molar-refractivity contribution in [2.45, 2.75) is 39.5 Å². The summed E-state index contributed by atoms with van der Waals surface area (Å²) in [5.74, 6) is 1.30. The Kier molecular flexibility index (Phi) is 4.77. The quantitative estimate of drug-likeness (QED) is 0.884. The van der Waals surface area contributed by atoms with Crippen LogP contribution in [0.5, 0.6) is 5.88 Å². The van der Waals surface area contributed by atoms with Crippen molar-refractivity contribution in [2.75, 3.05) is 19.0 Å². The average molecular weight is 292 g/mol. The normalized spacial score (nSPS) is 25.4. The predicted octanol–water partition coefficient (Wildman–Crippen LogP) is 1.89. The number of hydrogen-bond acceptors (Lipinski definition) is 5. The Morgan fingerprint density at radius 2 is 2.14 bits per heavy atom. The van der Waals surface area contributed by atoms with Crippen LogP contribution in [0.1, 0.15) is 38.3 Å². The van der Waals surface area contributed by atoms with E-state index in [1.807, 2.05) is 6.92 Å². The minimum Gasteiger partial charge on any atom is -0.481 e. The lowest BCUT2D eigenvalue weighted by molar-refractivity contribution is -0.127. The van der Waals surface area contributed by atoms with Gasteiger partial charge >= 0.3 is 0 Å². The van der Waals surface area contributed by atoms with Crippen molar-refractivity contribution >= 4 is 11.9 Å². The van der Waals surface area contributed by atoms with Gasteiger partial charge in [0.25, 0.3) is 0 Å². The number of hydrogen-bond donors (Lipinski definition) is 2. The van der Waals surface area contributed by atoms with Crippen LogP contribution in [0, 0.1) is 18.3 Å². The van der Waals surface area contributed by atoms with E-state index in [0.29, 0.717) is 18.3 Å². The third kappa shape index (κ3) is 3.50. The van der Waals surface area contributed by atoms with E-state index in [2.05, 4.69) is 22.2 Å². The number of aromatic nitrogens is 2. The monoisotopic (exact) mass is 292 g/mol. The largest absolute Gasteiger partial charge is 0.481 e. The fraction of sp³-hybridized carbons (Fsp3) is 0.667. The van der Waals surface area contributed by atoms with Gasteiger partial charge in [0.1, 0.15) is 0 Å². The van der Waals surface area contributed by atoms with E-state index in [1.54, 1.807) is 6.07 Å². The minimum absolute atomic E-state index is 0.0791. The molecule has 3 N–H and O–H groups in total. The summed E-state index contributed by atoms with van der Waals surface area (Å²) in [5, 5.41) is 2.81. The molecule has 21 heavy (non-hydrogen) atoms. The van der Waals surface area contributed by atoms with Crippen molar-refractivity contribution in [1.29, 1.82) is 0 Å². The van der Waals surface area contributed by atoms with Crippen LogP contribution in [-0.2, 0) is 4.79 Å². The Hall–Kier alpha value is -1.69. The van der Waals surface area contributed by atoms with Crippen LogP contribution in [0.4, 0.5) is 5.95 Å². The smallest absolute Gasteiger partial charge is 0.234 e. The SMILES string of the molecule is COc1cc(C)nc(NC(=O)C2(CN)CCC(C)CC2)n1. The highest BCUT2D eigenvalue weighted by molar-refractivity contribution is 5.94. The Bertz CT molecular complexity index is 510. The topological polar surface area (TPSA) is 90.1 Å². The third-order valence-corrected chi connectivity index (χ3v) is 4.37. The molecule has 6 heteroatoms. The van der Waals surface area contributed by atoms with Crippen LogP contribution in [0.15, 0.2) is 6.07 Å². The Morgan fingerprint density at radius 1 is 1.48 bits per heavy atom. The standard InChI is InChI=1S/C15H24N4O2/c1-10-4-6-15(9-16,7-5-10)13(20)19-14-17-11(2)8-12(18-14)21-3/h8,10H,4-7,9,16H2,1-3H3,(H,17,18,19,20). The molecule has 1 saturated carbocycles. The fourth-order valence-electron chi connectivity index (χ4n) is 2.77. The number of carbonyl (C=O) groups excluding carboxylic acids is 1. The zero-order chi connectivity index (χ0) is 15.5. The van der Waals surface area contributed by atoms with E-state index in [-0.39, 0.29) is 11.9 Å². The summed E-state index contributed by atoms with van der Waals surface area (Å²) in [6.07, 6.45) is 3.70. The number of anilines is 1. The molecule has 1 fully saturated rings. The predicted molar refractivity (Wildman–Crippen MR) is 81.1 cm³/mol. The maximum atomic E-state index is 12.6. The summed E-state index contributed by atoms with van der Waals surface area (Å²) in [6.45, 7) is 4.40. The summed E-state index contributed by atoms with van der Waals surface area (Å²) in [4.78, 5) is 21.0. The van der Waals surface area contributed by atoms with Gasteiger partial charge in [0, 0.05) is 18.3 Å². The molecule has 0 aliphatic heterocycles. The number of carbonyl (C=O) groups is 1. The Morgan fingerprint density at radius 3 is 2.71 bits per heavy atom. The highest BCUT2D eigenvalue weighted by Crippen LogP contribution is 2.38. The molecule has 1 aromatic rings. The molecule has 1 aliphatic rings. The van der Waals surface area contributed by atoms with Crippen molar-refractivity contribution in [2.24, 2.45) is 17.1 Å². The fourth-order valence-corrected chi connectivity index (χ4v) is 2.77. The molecule has 0 unspecified atom stereocenters. The molecular weight excluding hydrogens is 268 g/mol. The number of nitrogens with zero attached hydrogens (tertiary/aromatic N) is 2. The average Bonchev–Trinajstić information content (AvgIpc) is 2.47. The van der Waals surface area contributed by atoms with Crippen LogP contribution in [0.25, 0.3) is 0 Å². The molecule has 1 aliphatic carbocycles. The lowest BCUT2D eigenvalue weighted by Gasteiger charge is -2.36. The van der Waals surface area contributed by atoms with E-state index in [4.69, 9.17) is 10.5 Å². The first-order valence-corrected chi connectivity index (χ1v) is 7.40. The van der Waals surface area contributed by atoms with Gasteiger partial charge in [-0.1, -0.05) is 6.92 Å². The maximum Gasteiger partial charge on any atom is 0.234 e. The van der Waals surface area contributed by atoms with Gasteiger partial charge in [-0.2, -0.15) is 4.98 Å². The number of methoxy groups -OCH3 is 1. The molecule has 1 aromatic heterocycles. The van der Waals surface area contributed by atoms with Crippen LogP contribution in [-0.4, -0.2) is 29.5 Å². The summed E-state index contributed by atoms with van der Waals surface area (Å²) in [5.41, 5.74) is 6.15. The highest BCUT2D eigenvalue weighted by atomic mass is 16.5. The van der Waals surface area contributed by atoms with Crippen LogP contribution >= 0.6 is 0 Å². The van der Waals surface area contributed by atoms with Gasteiger partial charge in [-0.05, 0) is 38.5 Å². The molecule has 0 aromatic carbocycles. The van der Waals surface area contributed by atoms with Crippen LogP contribution < -0.4 is 15.8 Å². The van der Waals surface area contributed by atoms with Crippen molar-refractivity contribution in [3.8, 4) is 5.88 Å². The van der Waals surface area contributed by atoms with Crippen molar-refractivity contribution in [3.63, 3.8) is 0 Å². The van der Waals surface area contributed by atoms with E-state index in [1.165, 1.54) is 7.11 Å². The van der Waals surface area contributed by atoms with Crippen molar-refractivity contribution in [3.05, 3.63) is 11.8 Å². The first kappa shape index (κ1) is 15.7. The molecule has 0 saturated heterocycles. The lowest BCUT2D eigenvalue weighted by atomic mass is 9.70. The van der Waals surface area contributed by atoms with Gasteiger partial charge in [0.05, 0.1) is 12.5 Å². The number of ether oxygens (including phenoxy) is 1. The van der Waals surface area contributed by atoms with E-state index >= 15 is 0 Å². The lowest BCUT2D eigenvalue weighted by Crippen LogP contribution is -2.45. The minimum atomic E-state index is -0.493. The number of aryl methyl sites for hydroxylation is 1. The number of rotatable bonds is 4. The van der Waals surface area contributed by atoms with Gasteiger partial charge in [-0.15, -0.1) is 0 Å². The van der Waals surface area contributed by atoms with E-state index in [0.717, 1.165) is 31.4 Å². The van der Waals surface area contributed by atoms with Gasteiger partial charge in [0.15, 0.2) is 0 Å². The first-order valence-electron chi connectivity index (χ1n) is 7.40. The maximum absolute atomic E-state index is 12.6. The number of amides is 1. The van der Waals surface area contributed by atoms with Crippen molar-refractivity contribution < 1.29 is 9.53 Å². The van der Waals surface area contributed by atoms with Gasteiger partial charge < -0.3 is 10.5 Å². The molecule has 1 amide bonds. The molecular formula is C15H24N4O2. The zero-order valence-electron chi connectivity index (χ0n) is 13.0. The summed E-state index contributed by atoms with van der Waals surface area (Å²) in [7, 11) is 1.54. The molecule has 0 atom stereocenters. The number of nitrogens with two attached hydrogens (primary N) is 1. The van der Waals surface area contributed by atoms with Crippen LogP contribution in [0.2, 0.25) is 0 Å². The highest BCUT2D eigenvalue weighted by Gasteiger charge is 2.40. The van der Waals surface area contributed by atoms with Crippen molar-refractivity contribution in [1.82, 2.24) is 9.97 Å². The summed E-state index contributed by atoms with van der Waals surface area (Å²) in [6, 6.07) is 1.72. The second kappa shape index (κ2) is 6.39. The summed E-state index contributed by atoms with van der Waals surface area (Å²) < 4.78 is 5.10. The molecule has 2 rings (SSSR count). The molecule has 116 valence electrons. The molecule has 6 nitrogen and oxygen atoms in total. The molecule has 0 radical (unpaired) electrons. The Labute approximate surface area is 125 Å². The molecule has 0 spiro atoms. The summed E-state index contributed by atoms with van der Waals surface area (Å²) >= 11 is 0. The second-order valence-electron chi connectivity index (χ2n) is 6.00. The van der Waals surface area contributed by atoms with Crippen LogP contribution in [0.3, 0.4) is 0 Å². The molecule has 0 bridgehead atoms. The van der Waals surface area contributed by atoms with E-state index < -0.39 is 5.41 Å². The van der Waals surface area contributed by atoms with Gasteiger partial charge in [0.2, 0.25) is 17.7 Å². The molecule has 1 heterocycles. The third-order valence-electron chi connectivity index (χ3n) is 4.37. The number of nitrogens with one attached hydrogen (secondary N) is 1. The zero-order valence-corrected chi connectivity index (χ0v) is 13.0. The van der Waals surface area contributed by atoms with E-state index in [9.17, 15) is 4.79 Å². The van der Waals surface area contributed by atoms with Gasteiger partial charge in [-0.3, -0.25) is 10.1 Å². The first-order chi connectivity index (χ1) is 9.99. The Balaban J connectivity index is 2.14. The van der Waals surface area contributed by atoms with Gasteiger partial charge in [-0.25, -0.2) is 4.98 Å².